The molecule has 5 rings (SSSR count). The molecule has 1 atom stereocenters. The predicted octanol–water partition coefficient (Wildman–Crippen LogP) is 8.24. The lowest BCUT2D eigenvalue weighted by Crippen LogP contribution is -2.35. The predicted molar refractivity (Wildman–Crippen MR) is 174 cm³/mol. The van der Waals surface area contributed by atoms with Gasteiger partial charge in [-0.1, -0.05) is 26.0 Å². The standard InChI is InChI=1S/C31H30BrF2N5O3S2/c1-4-28(39(5-2)44(40,41)6-3)31-38-27(17-43-31)22-14-23-26(15-25(22)34)35-18-36-30(23)37-21-10-11-29(24(32)13-21)42-16-19-8-7-9-20(33)12-19/h7-15,17-18,28H,4-6,16H2,1-3H3,(H,35,36,37). The van der Waals surface area contributed by atoms with Gasteiger partial charge in [-0.2, -0.15) is 4.31 Å². The Morgan fingerprint density at radius 1 is 1.07 bits per heavy atom. The summed E-state index contributed by atoms with van der Waals surface area (Å²) in [7, 11) is -3.44. The molecule has 0 fully saturated rings. The van der Waals surface area contributed by atoms with E-state index in [1.165, 1.54) is 40.2 Å². The number of sulfonamides is 1. The molecule has 13 heteroatoms. The van der Waals surface area contributed by atoms with Gasteiger partial charge < -0.3 is 10.1 Å². The van der Waals surface area contributed by atoms with Crippen molar-refractivity contribution < 1.29 is 21.9 Å². The first-order chi connectivity index (χ1) is 21.1. The molecule has 5 aromatic rings. The Labute approximate surface area is 267 Å². The summed E-state index contributed by atoms with van der Waals surface area (Å²) in [6.07, 6.45) is 1.89. The molecule has 0 bridgehead atoms. The van der Waals surface area contributed by atoms with E-state index in [-0.39, 0.29) is 23.7 Å². The molecule has 0 aliphatic heterocycles. The molecule has 0 aliphatic carbocycles. The Kier molecular flexibility index (Phi) is 9.88. The second-order valence-corrected chi connectivity index (χ2v) is 13.8. The molecule has 1 unspecified atom stereocenters. The van der Waals surface area contributed by atoms with Crippen LogP contribution in [0, 0.1) is 11.6 Å². The summed E-state index contributed by atoms with van der Waals surface area (Å²) in [5.41, 5.74) is 2.48. The van der Waals surface area contributed by atoms with E-state index in [0.717, 1.165) is 0 Å². The van der Waals surface area contributed by atoms with Crippen LogP contribution in [0.2, 0.25) is 0 Å². The van der Waals surface area contributed by atoms with Crippen LogP contribution in [0.4, 0.5) is 20.3 Å². The Morgan fingerprint density at radius 2 is 1.89 bits per heavy atom. The van der Waals surface area contributed by atoms with Crippen LogP contribution in [0.1, 0.15) is 43.8 Å². The molecule has 0 saturated heterocycles. The first kappa shape index (κ1) is 31.9. The van der Waals surface area contributed by atoms with Crippen LogP contribution in [-0.2, 0) is 16.6 Å². The van der Waals surface area contributed by atoms with Crippen LogP contribution in [0.15, 0.2) is 70.8 Å². The molecule has 0 amide bonds. The molecule has 0 spiro atoms. The second-order valence-electron chi connectivity index (χ2n) is 9.86. The molecule has 3 aromatic carbocycles. The van der Waals surface area contributed by atoms with Gasteiger partial charge in [-0.25, -0.2) is 32.2 Å². The number of fused-ring (bicyclic) bond motifs is 1. The number of thiazole rings is 1. The zero-order chi connectivity index (χ0) is 31.4. The normalized spacial score (nSPS) is 12.5. The van der Waals surface area contributed by atoms with Crippen molar-refractivity contribution in [1.82, 2.24) is 19.3 Å². The Bertz CT molecular complexity index is 1910. The van der Waals surface area contributed by atoms with Crippen molar-refractivity contribution in [3.8, 4) is 17.0 Å². The molecule has 2 aromatic heterocycles. The lowest BCUT2D eigenvalue weighted by Gasteiger charge is -2.27. The van der Waals surface area contributed by atoms with E-state index in [0.29, 0.717) is 61.9 Å². The Morgan fingerprint density at radius 3 is 2.59 bits per heavy atom. The fourth-order valence-corrected chi connectivity index (χ4v) is 7.77. The number of hydrogen-bond acceptors (Lipinski definition) is 8. The highest BCUT2D eigenvalue weighted by Gasteiger charge is 2.30. The summed E-state index contributed by atoms with van der Waals surface area (Å²) in [5.74, 6) is 0.213. The SMILES string of the molecule is CCC(c1nc(-c2cc3c(Nc4ccc(OCc5cccc(F)c5)c(Br)c4)ncnc3cc2F)cs1)N(CC)S(=O)(=O)CC. The van der Waals surface area contributed by atoms with Crippen LogP contribution < -0.4 is 10.1 Å². The van der Waals surface area contributed by atoms with Gasteiger partial charge in [-0.15, -0.1) is 11.3 Å². The highest BCUT2D eigenvalue weighted by Crippen LogP contribution is 2.36. The highest BCUT2D eigenvalue weighted by molar-refractivity contribution is 9.10. The second kappa shape index (κ2) is 13.6. The van der Waals surface area contributed by atoms with Crippen molar-refractivity contribution in [2.75, 3.05) is 17.6 Å². The third-order valence-corrected chi connectivity index (χ3v) is 10.6. The molecule has 230 valence electrons. The summed E-state index contributed by atoms with van der Waals surface area (Å²) < 4.78 is 62.3. The van der Waals surface area contributed by atoms with E-state index in [2.05, 4.69) is 36.2 Å². The van der Waals surface area contributed by atoms with E-state index in [9.17, 15) is 12.8 Å². The van der Waals surface area contributed by atoms with E-state index >= 15 is 4.39 Å². The number of nitrogens with zero attached hydrogens (tertiary/aromatic N) is 4. The maximum Gasteiger partial charge on any atom is 0.214 e. The lowest BCUT2D eigenvalue weighted by molar-refractivity contribution is 0.303. The topological polar surface area (TPSA) is 97.3 Å². The van der Waals surface area contributed by atoms with Gasteiger partial charge in [-0.05, 0) is 71.2 Å². The van der Waals surface area contributed by atoms with E-state index in [4.69, 9.17) is 4.74 Å². The van der Waals surface area contributed by atoms with Crippen LogP contribution in [-0.4, -0.2) is 40.0 Å². The maximum absolute atomic E-state index is 15.4. The average Bonchev–Trinajstić information content (AvgIpc) is 3.48. The quantitative estimate of drug-likeness (QED) is 0.140. The van der Waals surface area contributed by atoms with Crippen molar-refractivity contribution >= 4 is 59.7 Å². The van der Waals surface area contributed by atoms with Gasteiger partial charge in [0.25, 0.3) is 0 Å². The third kappa shape index (κ3) is 6.90. The summed E-state index contributed by atoms with van der Waals surface area (Å²) in [6, 6.07) is 14.2. The van der Waals surface area contributed by atoms with Gasteiger partial charge in [-0.3, -0.25) is 0 Å². The summed E-state index contributed by atoms with van der Waals surface area (Å²) in [5, 5.41) is 6.20. The molecule has 8 nitrogen and oxygen atoms in total. The fourth-order valence-electron chi connectivity index (χ4n) is 4.84. The molecule has 0 radical (unpaired) electrons. The number of nitrogens with one attached hydrogen (secondary N) is 1. The number of anilines is 2. The molecular formula is C31H30BrF2N5O3S2. The van der Waals surface area contributed by atoms with Crippen LogP contribution in [0.5, 0.6) is 5.75 Å². The summed E-state index contributed by atoms with van der Waals surface area (Å²) >= 11 is 4.84. The molecule has 0 saturated carbocycles. The number of ether oxygens (including phenoxy) is 1. The minimum absolute atomic E-state index is 0.00805. The molecule has 0 aliphatic rings. The highest BCUT2D eigenvalue weighted by atomic mass is 79.9. The number of aromatic nitrogens is 3. The van der Waals surface area contributed by atoms with Crippen molar-refractivity contribution in [2.45, 2.75) is 39.8 Å². The van der Waals surface area contributed by atoms with Gasteiger partial charge in [0, 0.05) is 34.6 Å². The van der Waals surface area contributed by atoms with Crippen LogP contribution in [0.3, 0.4) is 0 Å². The summed E-state index contributed by atoms with van der Waals surface area (Å²) in [6.45, 7) is 5.85. The third-order valence-electron chi connectivity index (χ3n) is 7.05. The minimum atomic E-state index is -3.44. The number of benzene rings is 3. The van der Waals surface area contributed by atoms with Crippen molar-refractivity contribution in [3.63, 3.8) is 0 Å². The largest absolute Gasteiger partial charge is 0.488 e. The molecule has 1 N–H and O–H groups in total. The molecule has 44 heavy (non-hydrogen) atoms. The zero-order valence-corrected chi connectivity index (χ0v) is 27.4. The van der Waals surface area contributed by atoms with Gasteiger partial charge >= 0.3 is 0 Å². The smallest absolute Gasteiger partial charge is 0.214 e. The fraction of sp³-hybridized carbons (Fsp3) is 0.258. The van der Waals surface area contributed by atoms with E-state index in [1.54, 1.807) is 43.5 Å². The molecule has 2 heterocycles. The van der Waals surface area contributed by atoms with Crippen LogP contribution >= 0.6 is 27.3 Å². The lowest BCUT2D eigenvalue weighted by atomic mass is 10.1. The van der Waals surface area contributed by atoms with E-state index in [1.807, 2.05) is 19.1 Å². The first-order valence-electron chi connectivity index (χ1n) is 14.0. The monoisotopic (exact) mass is 701 g/mol. The first-order valence-corrected chi connectivity index (χ1v) is 17.2. The van der Waals surface area contributed by atoms with Gasteiger partial charge in [0.2, 0.25) is 10.0 Å². The zero-order valence-electron chi connectivity index (χ0n) is 24.2. The minimum Gasteiger partial charge on any atom is -0.488 e. The maximum atomic E-state index is 15.4. The van der Waals surface area contributed by atoms with E-state index < -0.39 is 21.9 Å². The van der Waals surface area contributed by atoms with Gasteiger partial charge in [0.15, 0.2) is 0 Å². The number of halogens is 3. The van der Waals surface area contributed by atoms with Gasteiger partial charge in [0.1, 0.15) is 41.1 Å². The van der Waals surface area contributed by atoms with Crippen LogP contribution in [0.25, 0.3) is 22.2 Å². The van der Waals surface area contributed by atoms with Crippen molar-refractivity contribution in [2.24, 2.45) is 0 Å². The average molecular weight is 703 g/mol. The van der Waals surface area contributed by atoms with Gasteiger partial charge in [0.05, 0.1) is 27.5 Å². The Balaban J connectivity index is 1.41. The van der Waals surface area contributed by atoms with Crippen molar-refractivity contribution in [3.05, 3.63) is 93.0 Å². The Hall–Kier alpha value is -3.52. The van der Waals surface area contributed by atoms with Crippen molar-refractivity contribution in [1.29, 1.82) is 0 Å². The number of rotatable bonds is 12. The molecular weight excluding hydrogens is 672 g/mol. The summed E-state index contributed by atoms with van der Waals surface area (Å²) in [4.78, 5) is 13.3. The number of hydrogen-bond donors (Lipinski definition) is 1.